The molecular formula is C15H34N2O. The van der Waals surface area contributed by atoms with Crippen LogP contribution >= 0.6 is 0 Å². The molecule has 0 radical (unpaired) electrons. The molecule has 0 aromatic carbocycles. The molecule has 0 aliphatic carbocycles. The van der Waals surface area contributed by atoms with Gasteiger partial charge < -0.3 is 10.6 Å². The minimum Gasteiger partial charge on any atom is -0.341 e. The van der Waals surface area contributed by atoms with Gasteiger partial charge in [0.1, 0.15) is 0 Å². The molecule has 2 amide bonds. The van der Waals surface area contributed by atoms with E-state index >= 15 is 0 Å². The molecule has 110 valence electrons. The Bertz CT molecular complexity index is 207. The van der Waals surface area contributed by atoms with Gasteiger partial charge in [0, 0.05) is 13.1 Å². The summed E-state index contributed by atoms with van der Waals surface area (Å²) in [4.78, 5) is 11.3. The minimum atomic E-state index is -0.0792. The van der Waals surface area contributed by atoms with Crippen molar-refractivity contribution in [1.29, 1.82) is 0 Å². The smallest absolute Gasteiger partial charge is 0.314 e. The largest absolute Gasteiger partial charge is 0.341 e. The first-order valence-electron chi connectivity index (χ1n) is 7.25. The first-order chi connectivity index (χ1) is 8.27. The summed E-state index contributed by atoms with van der Waals surface area (Å²) in [5, 5.41) is 5.65. The summed E-state index contributed by atoms with van der Waals surface area (Å²) in [6.07, 6.45) is 3.45. The quantitative estimate of drug-likeness (QED) is 0.763. The molecule has 0 rings (SSSR count). The number of hydrogen-bond donors (Lipinski definition) is 2. The number of rotatable bonds is 5. The fourth-order valence-corrected chi connectivity index (χ4v) is 1.68. The summed E-state index contributed by atoms with van der Waals surface area (Å²) in [5.41, 5.74) is 0.115. The third-order valence-corrected chi connectivity index (χ3v) is 2.85. The first kappa shape index (κ1) is 19.6. The number of nitrogens with one attached hydrogen (secondary N) is 2. The molecule has 1 atom stereocenters. The van der Waals surface area contributed by atoms with Crippen LogP contribution in [0.15, 0.2) is 0 Å². The lowest BCUT2D eigenvalue weighted by Gasteiger charge is -2.31. The molecule has 2 N–H and O–H groups in total. The molecule has 0 saturated heterocycles. The van der Waals surface area contributed by atoms with Gasteiger partial charge in [0.05, 0.1) is 0 Å². The Hall–Kier alpha value is -0.730. The van der Waals surface area contributed by atoms with E-state index in [0.29, 0.717) is 0 Å². The zero-order valence-corrected chi connectivity index (χ0v) is 13.7. The lowest BCUT2D eigenvalue weighted by atomic mass is 9.83. The average molecular weight is 258 g/mol. The van der Waals surface area contributed by atoms with Crippen LogP contribution in [0.25, 0.3) is 0 Å². The lowest BCUT2D eigenvalue weighted by Crippen LogP contribution is -2.47. The Balaban J connectivity index is 0. The molecule has 0 aromatic rings. The van der Waals surface area contributed by atoms with Crippen LogP contribution in [0.3, 0.4) is 0 Å². The van der Waals surface area contributed by atoms with E-state index in [4.69, 9.17) is 0 Å². The fraction of sp³-hybridized carbons (Fsp3) is 0.933. The molecule has 0 aliphatic heterocycles. The standard InChI is InChI=1S/C13H28N2O.C2H6/c1-10(2)8-7-9-11(13(3,4)5)15-12(16)14-6;1-2/h10-11H,7-9H2,1-6H3,(H2,14,15,16);1-2H3. The molecule has 0 heterocycles. The van der Waals surface area contributed by atoms with Gasteiger partial charge in [-0.1, -0.05) is 61.3 Å². The molecule has 18 heavy (non-hydrogen) atoms. The van der Waals surface area contributed by atoms with Gasteiger partial charge >= 0.3 is 6.03 Å². The normalized spacial score (nSPS) is 12.5. The summed E-state index contributed by atoms with van der Waals surface area (Å²) >= 11 is 0. The number of urea groups is 1. The van der Waals surface area contributed by atoms with Crippen molar-refractivity contribution >= 4 is 6.03 Å². The predicted octanol–water partition coefficient (Wildman–Crippen LogP) is 4.18. The molecule has 1 unspecified atom stereocenters. The van der Waals surface area contributed by atoms with E-state index in [2.05, 4.69) is 45.3 Å². The fourth-order valence-electron chi connectivity index (χ4n) is 1.68. The summed E-state index contributed by atoms with van der Waals surface area (Å²) in [5.74, 6) is 0.737. The van der Waals surface area contributed by atoms with Crippen molar-refractivity contribution in [2.24, 2.45) is 11.3 Å². The maximum absolute atomic E-state index is 11.3. The van der Waals surface area contributed by atoms with Crippen molar-refractivity contribution in [2.45, 2.75) is 73.8 Å². The topological polar surface area (TPSA) is 41.1 Å². The van der Waals surface area contributed by atoms with E-state index < -0.39 is 0 Å². The van der Waals surface area contributed by atoms with E-state index in [9.17, 15) is 4.79 Å². The van der Waals surface area contributed by atoms with Crippen LogP contribution < -0.4 is 10.6 Å². The number of hydrogen-bond acceptors (Lipinski definition) is 1. The molecular weight excluding hydrogens is 224 g/mol. The van der Waals surface area contributed by atoms with E-state index in [-0.39, 0.29) is 17.5 Å². The second kappa shape index (κ2) is 10.2. The Morgan fingerprint density at radius 1 is 1.11 bits per heavy atom. The monoisotopic (exact) mass is 258 g/mol. The maximum Gasteiger partial charge on any atom is 0.314 e. The molecule has 0 spiro atoms. The van der Waals surface area contributed by atoms with Crippen LogP contribution in [0, 0.1) is 11.3 Å². The van der Waals surface area contributed by atoms with Crippen LogP contribution in [0.4, 0.5) is 4.79 Å². The molecule has 0 aliphatic rings. The summed E-state index contributed by atoms with van der Waals surface area (Å²) in [7, 11) is 1.66. The Morgan fingerprint density at radius 2 is 1.61 bits per heavy atom. The second-order valence-corrected chi connectivity index (χ2v) is 5.97. The average Bonchev–Trinajstić information content (AvgIpc) is 2.28. The second-order valence-electron chi connectivity index (χ2n) is 5.97. The first-order valence-corrected chi connectivity index (χ1v) is 7.25. The van der Waals surface area contributed by atoms with Gasteiger partial charge in [-0.2, -0.15) is 0 Å². The van der Waals surface area contributed by atoms with Gasteiger partial charge in [-0.3, -0.25) is 0 Å². The molecule has 0 saturated carbocycles. The zero-order chi connectivity index (χ0) is 14.8. The van der Waals surface area contributed by atoms with Gasteiger partial charge in [-0.25, -0.2) is 4.79 Å². The van der Waals surface area contributed by atoms with Crippen molar-refractivity contribution in [3.8, 4) is 0 Å². The summed E-state index contributed by atoms with van der Waals surface area (Å²) in [6.45, 7) is 15.0. The predicted molar refractivity (Wildman–Crippen MR) is 80.9 cm³/mol. The molecule has 0 bridgehead atoms. The zero-order valence-electron chi connectivity index (χ0n) is 13.7. The van der Waals surface area contributed by atoms with Gasteiger partial charge in [-0.05, 0) is 17.8 Å². The number of carbonyl (C=O) groups is 1. The van der Waals surface area contributed by atoms with Crippen LogP contribution in [0.2, 0.25) is 0 Å². The molecule has 0 aromatic heterocycles. The highest BCUT2D eigenvalue weighted by atomic mass is 16.2. The van der Waals surface area contributed by atoms with Crippen molar-refractivity contribution in [3.05, 3.63) is 0 Å². The molecule has 3 nitrogen and oxygen atoms in total. The van der Waals surface area contributed by atoms with Crippen molar-refractivity contribution < 1.29 is 4.79 Å². The third-order valence-electron chi connectivity index (χ3n) is 2.85. The number of amides is 2. The molecule has 3 heteroatoms. The van der Waals surface area contributed by atoms with Crippen molar-refractivity contribution in [3.63, 3.8) is 0 Å². The number of carbonyl (C=O) groups excluding carboxylic acids is 1. The van der Waals surface area contributed by atoms with Gasteiger partial charge in [0.2, 0.25) is 0 Å². The van der Waals surface area contributed by atoms with E-state index in [0.717, 1.165) is 12.3 Å². The van der Waals surface area contributed by atoms with Gasteiger partial charge in [0.15, 0.2) is 0 Å². The van der Waals surface area contributed by atoms with Crippen LogP contribution in [-0.2, 0) is 0 Å². The molecule has 0 fully saturated rings. The van der Waals surface area contributed by atoms with E-state index in [1.54, 1.807) is 7.05 Å². The van der Waals surface area contributed by atoms with Gasteiger partial charge in [-0.15, -0.1) is 0 Å². The van der Waals surface area contributed by atoms with Crippen LogP contribution in [0.1, 0.15) is 67.7 Å². The highest BCUT2D eigenvalue weighted by Gasteiger charge is 2.25. The maximum atomic E-state index is 11.3. The lowest BCUT2D eigenvalue weighted by molar-refractivity contribution is 0.213. The Morgan fingerprint density at radius 3 is 1.94 bits per heavy atom. The summed E-state index contributed by atoms with van der Waals surface area (Å²) in [6, 6.07) is 0.163. The van der Waals surface area contributed by atoms with E-state index in [1.807, 2.05) is 13.8 Å². The summed E-state index contributed by atoms with van der Waals surface area (Å²) < 4.78 is 0. The minimum absolute atomic E-state index is 0.0792. The van der Waals surface area contributed by atoms with E-state index in [1.165, 1.54) is 12.8 Å². The Kier molecular flexibility index (Phi) is 11.1. The van der Waals surface area contributed by atoms with Crippen molar-refractivity contribution in [1.82, 2.24) is 10.6 Å². The SMILES string of the molecule is CC.CNC(=O)NC(CCCC(C)C)C(C)(C)C. The Labute approximate surface area is 114 Å². The van der Waals surface area contributed by atoms with Crippen molar-refractivity contribution in [2.75, 3.05) is 7.05 Å². The van der Waals surface area contributed by atoms with Crippen LogP contribution in [-0.4, -0.2) is 19.1 Å². The highest BCUT2D eigenvalue weighted by Crippen LogP contribution is 2.24. The van der Waals surface area contributed by atoms with Crippen LogP contribution in [0.5, 0.6) is 0 Å². The van der Waals surface area contributed by atoms with Gasteiger partial charge in [0.25, 0.3) is 0 Å². The third kappa shape index (κ3) is 10.4. The highest BCUT2D eigenvalue weighted by molar-refractivity contribution is 5.73.